The van der Waals surface area contributed by atoms with Gasteiger partial charge in [-0.25, -0.2) is 13.2 Å². The summed E-state index contributed by atoms with van der Waals surface area (Å²) in [6.07, 6.45) is 0. The number of nitrogens with one attached hydrogen (secondary N) is 1. The fourth-order valence-corrected chi connectivity index (χ4v) is 1.66. The van der Waals surface area contributed by atoms with Gasteiger partial charge in [-0.05, 0) is 36.4 Å². The van der Waals surface area contributed by atoms with Crippen molar-refractivity contribution in [2.75, 3.05) is 5.32 Å². The molecule has 0 fully saturated rings. The number of hydrogen-bond donors (Lipinski definition) is 1. The zero-order valence-electron chi connectivity index (χ0n) is 9.18. The van der Waals surface area contributed by atoms with Gasteiger partial charge in [-0.3, -0.25) is 0 Å². The van der Waals surface area contributed by atoms with E-state index in [1.165, 1.54) is 18.2 Å². The fraction of sp³-hybridized carbons (Fsp3) is 0.0769. The van der Waals surface area contributed by atoms with Crippen molar-refractivity contribution in [3.05, 3.63) is 64.4 Å². The molecule has 0 saturated carbocycles. The van der Waals surface area contributed by atoms with E-state index in [0.717, 1.165) is 18.2 Å². The number of anilines is 1. The Morgan fingerprint density at radius 3 is 2.39 bits per heavy atom. The molecular weight excluding hydrogens is 263 g/mol. The number of benzene rings is 2. The van der Waals surface area contributed by atoms with Crippen molar-refractivity contribution in [3.8, 4) is 0 Å². The van der Waals surface area contributed by atoms with Crippen LogP contribution < -0.4 is 5.32 Å². The quantitative estimate of drug-likeness (QED) is 0.874. The summed E-state index contributed by atoms with van der Waals surface area (Å²) in [6.45, 7) is 0.0888. The van der Waals surface area contributed by atoms with Crippen molar-refractivity contribution in [3.63, 3.8) is 0 Å². The van der Waals surface area contributed by atoms with E-state index in [0.29, 0.717) is 5.69 Å². The van der Waals surface area contributed by atoms with Gasteiger partial charge in [-0.2, -0.15) is 0 Å². The lowest BCUT2D eigenvalue weighted by Gasteiger charge is -2.08. The Bertz CT molecular complexity index is 572. The Balaban J connectivity index is 2.11. The van der Waals surface area contributed by atoms with Crippen LogP contribution in [0.25, 0.3) is 0 Å². The molecule has 18 heavy (non-hydrogen) atoms. The molecule has 2 aromatic rings. The molecule has 1 N–H and O–H groups in total. The van der Waals surface area contributed by atoms with Crippen LogP contribution in [0.2, 0.25) is 5.02 Å². The van der Waals surface area contributed by atoms with Gasteiger partial charge in [0.1, 0.15) is 17.5 Å². The minimum Gasteiger partial charge on any atom is -0.381 e. The second kappa shape index (κ2) is 5.31. The SMILES string of the molecule is Fc1ccc(F)c(CNc2ccc(F)c(Cl)c2)c1. The summed E-state index contributed by atoms with van der Waals surface area (Å²) < 4.78 is 39.2. The van der Waals surface area contributed by atoms with Gasteiger partial charge in [0.15, 0.2) is 0 Å². The maximum Gasteiger partial charge on any atom is 0.141 e. The first kappa shape index (κ1) is 12.8. The molecular formula is C13H9ClF3N. The number of rotatable bonds is 3. The summed E-state index contributed by atoms with van der Waals surface area (Å²) in [4.78, 5) is 0. The van der Waals surface area contributed by atoms with Crippen molar-refractivity contribution in [1.29, 1.82) is 0 Å². The highest BCUT2D eigenvalue weighted by Crippen LogP contribution is 2.20. The van der Waals surface area contributed by atoms with Crippen LogP contribution in [0.4, 0.5) is 18.9 Å². The molecule has 2 rings (SSSR count). The van der Waals surface area contributed by atoms with Crippen LogP contribution in [0.15, 0.2) is 36.4 Å². The van der Waals surface area contributed by atoms with Crippen LogP contribution in [0.3, 0.4) is 0 Å². The first-order valence-corrected chi connectivity index (χ1v) is 5.57. The molecule has 0 saturated heterocycles. The van der Waals surface area contributed by atoms with Gasteiger partial charge in [0.25, 0.3) is 0 Å². The molecule has 0 radical (unpaired) electrons. The highest BCUT2D eigenvalue weighted by atomic mass is 35.5. The molecule has 94 valence electrons. The maximum absolute atomic E-state index is 13.3. The summed E-state index contributed by atoms with van der Waals surface area (Å²) >= 11 is 5.60. The van der Waals surface area contributed by atoms with Crippen LogP contribution in [0, 0.1) is 17.5 Å². The fourth-order valence-electron chi connectivity index (χ4n) is 1.48. The minimum absolute atomic E-state index is 0.0280. The minimum atomic E-state index is -0.529. The van der Waals surface area contributed by atoms with Crippen molar-refractivity contribution in [2.24, 2.45) is 0 Å². The normalized spacial score (nSPS) is 10.4. The molecule has 0 spiro atoms. The van der Waals surface area contributed by atoms with Gasteiger partial charge < -0.3 is 5.32 Å². The molecule has 0 unspecified atom stereocenters. The topological polar surface area (TPSA) is 12.0 Å². The Morgan fingerprint density at radius 1 is 0.944 bits per heavy atom. The predicted octanol–water partition coefficient (Wildman–Crippen LogP) is 4.37. The van der Waals surface area contributed by atoms with Gasteiger partial charge in [0.2, 0.25) is 0 Å². The Morgan fingerprint density at radius 2 is 1.67 bits per heavy atom. The van der Waals surface area contributed by atoms with Crippen molar-refractivity contribution in [2.45, 2.75) is 6.54 Å². The number of hydrogen-bond acceptors (Lipinski definition) is 1. The highest BCUT2D eigenvalue weighted by Gasteiger charge is 2.05. The summed E-state index contributed by atoms with van der Waals surface area (Å²) in [5.74, 6) is -1.54. The molecule has 2 aromatic carbocycles. The molecule has 0 aliphatic heterocycles. The molecule has 0 aromatic heterocycles. The lowest BCUT2D eigenvalue weighted by molar-refractivity contribution is 0.587. The van der Waals surface area contributed by atoms with E-state index < -0.39 is 17.5 Å². The van der Waals surface area contributed by atoms with Gasteiger partial charge >= 0.3 is 0 Å². The van der Waals surface area contributed by atoms with Crippen LogP contribution in [0.1, 0.15) is 5.56 Å². The summed E-state index contributed by atoms with van der Waals surface area (Å²) in [7, 11) is 0. The highest BCUT2D eigenvalue weighted by molar-refractivity contribution is 6.31. The average Bonchev–Trinajstić information content (AvgIpc) is 2.34. The zero-order valence-corrected chi connectivity index (χ0v) is 9.94. The lowest BCUT2D eigenvalue weighted by atomic mass is 10.2. The van der Waals surface area contributed by atoms with E-state index in [4.69, 9.17) is 11.6 Å². The van der Waals surface area contributed by atoms with E-state index in [1.54, 1.807) is 0 Å². The largest absolute Gasteiger partial charge is 0.381 e. The lowest BCUT2D eigenvalue weighted by Crippen LogP contribution is -2.02. The van der Waals surface area contributed by atoms with Crippen LogP contribution in [0.5, 0.6) is 0 Å². The van der Waals surface area contributed by atoms with E-state index in [9.17, 15) is 13.2 Å². The summed E-state index contributed by atoms with van der Waals surface area (Å²) in [6, 6.07) is 7.27. The van der Waals surface area contributed by atoms with E-state index in [-0.39, 0.29) is 17.1 Å². The molecule has 0 amide bonds. The summed E-state index contributed by atoms with van der Waals surface area (Å²) in [5.41, 5.74) is 0.723. The molecule has 0 aliphatic rings. The maximum atomic E-state index is 13.3. The molecule has 0 heterocycles. The first-order valence-electron chi connectivity index (χ1n) is 5.19. The third-order valence-electron chi connectivity index (χ3n) is 2.41. The summed E-state index contributed by atoms with van der Waals surface area (Å²) in [5, 5.41) is 2.81. The van der Waals surface area contributed by atoms with Crippen LogP contribution in [-0.2, 0) is 6.54 Å². The molecule has 0 bridgehead atoms. The van der Waals surface area contributed by atoms with Crippen molar-refractivity contribution < 1.29 is 13.2 Å². The molecule has 1 nitrogen and oxygen atoms in total. The number of halogens is 4. The van der Waals surface area contributed by atoms with E-state index >= 15 is 0 Å². The molecule has 0 atom stereocenters. The Labute approximate surface area is 107 Å². The van der Waals surface area contributed by atoms with Gasteiger partial charge in [-0.15, -0.1) is 0 Å². The van der Waals surface area contributed by atoms with Gasteiger partial charge in [0.05, 0.1) is 5.02 Å². The predicted molar refractivity (Wildman–Crippen MR) is 65.1 cm³/mol. The van der Waals surface area contributed by atoms with Crippen molar-refractivity contribution in [1.82, 2.24) is 0 Å². The Kier molecular flexibility index (Phi) is 3.77. The molecule has 5 heteroatoms. The van der Waals surface area contributed by atoms with E-state index in [1.807, 2.05) is 0 Å². The smallest absolute Gasteiger partial charge is 0.141 e. The van der Waals surface area contributed by atoms with Gasteiger partial charge in [0, 0.05) is 17.8 Å². The monoisotopic (exact) mass is 271 g/mol. The zero-order chi connectivity index (χ0) is 13.1. The van der Waals surface area contributed by atoms with Crippen LogP contribution >= 0.6 is 11.6 Å². The second-order valence-corrected chi connectivity index (χ2v) is 4.13. The van der Waals surface area contributed by atoms with Gasteiger partial charge in [-0.1, -0.05) is 11.6 Å². The third-order valence-corrected chi connectivity index (χ3v) is 2.70. The third kappa shape index (κ3) is 2.96. The average molecular weight is 272 g/mol. The first-order chi connectivity index (χ1) is 8.56. The Hall–Kier alpha value is -1.68. The standard InChI is InChI=1S/C13H9ClF3N/c14-11-6-10(2-4-13(11)17)18-7-8-5-9(15)1-3-12(8)16/h1-6,18H,7H2. The molecule has 0 aliphatic carbocycles. The van der Waals surface area contributed by atoms with Crippen LogP contribution in [-0.4, -0.2) is 0 Å². The van der Waals surface area contributed by atoms with Crippen molar-refractivity contribution >= 4 is 17.3 Å². The van der Waals surface area contributed by atoms with E-state index in [2.05, 4.69) is 5.32 Å². The second-order valence-electron chi connectivity index (χ2n) is 3.72.